The lowest BCUT2D eigenvalue weighted by atomic mass is 10.2. The number of hydrogen-bond acceptors (Lipinski definition) is 3. The Balaban J connectivity index is 2.59. The Kier molecular flexibility index (Phi) is 5.27. The molecule has 0 fully saturated rings. The van der Waals surface area contributed by atoms with Gasteiger partial charge in [-0.1, -0.05) is 31.2 Å². The van der Waals surface area contributed by atoms with E-state index in [1.165, 1.54) is 12.7 Å². The molecular formula is C14H19NO2. The van der Waals surface area contributed by atoms with Crippen molar-refractivity contribution in [3.63, 3.8) is 0 Å². The molecule has 0 aliphatic heterocycles. The van der Waals surface area contributed by atoms with Crippen LogP contribution in [-0.2, 0) is 9.53 Å². The first-order valence-electron chi connectivity index (χ1n) is 5.75. The van der Waals surface area contributed by atoms with Crippen molar-refractivity contribution in [2.75, 3.05) is 19.0 Å². The molecule has 0 saturated heterocycles. The topological polar surface area (TPSA) is 38.3 Å². The van der Waals surface area contributed by atoms with Crippen molar-refractivity contribution < 1.29 is 9.53 Å². The van der Waals surface area contributed by atoms with Crippen molar-refractivity contribution in [1.29, 1.82) is 0 Å². The molecular weight excluding hydrogens is 214 g/mol. The van der Waals surface area contributed by atoms with Crippen LogP contribution in [-0.4, -0.2) is 19.6 Å². The zero-order chi connectivity index (χ0) is 12.7. The molecule has 0 aromatic heterocycles. The maximum atomic E-state index is 11.3. The summed E-state index contributed by atoms with van der Waals surface area (Å²) in [6, 6.07) is 8.06. The van der Waals surface area contributed by atoms with Crippen molar-refractivity contribution in [3.8, 4) is 0 Å². The predicted octanol–water partition coefficient (Wildman–Crippen LogP) is 2.92. The van der Waals surface area contributed by atoms with E-state index >= 15 is 0 Å². The lowest BCUT2D eigenvalue weighted by Gasteiger charge is -2.07. The molecule has 1 aromatic carbocycles. The number of benzene rings is 1. The summed E-state index contributed by atoms with van der Waals surface area (Å²) in [7, 11) is 1.40. The standard InChI is InChI=1S/C14H19NO2/c1-4-12(14(16)17-3)9-10-15-13-8-6-5-7-11(13)2/h5-9,15H,4,10H2,1-3H3/b12-9-. The van der Waals surface area contributed by atoms with Crippen LogP contribution in [0.3, 0.4) is 0 Å². The monoisotopic (exact) mass is 233 g/mol. The third-order valence-electron chi connectivity index (χ3n) is 2.61. The largest absolute Gasteiger partial charge is 0.466 e. The molecule has 1 rings (SSSR count). The summed E-state index contributed by atoms with van der Waals surface area (Å²) in [5, 5.41) is 3.27. The van der Waals surface area contributed by atoms with Gasteiger partial charge in [0.25, 0.3) is 0 Å². The highest BCUT2D eigenvalue weighted by Gasteiger charge is 2.05. The molecule has 0 aliphatic carbocycles. The molecule has 0 atom stereocenters. The SMILES string of the molecule is CC/C(=C/CNc1ccccc1C)C(=O)OC. The molecule has 1 N–H and O–H groups in total. The Morgan fingerprint density at radius 3 is 2.71 bits per heavy atom. The van der Waals surface area contributed by atoms with Gasteiger partial charge in [-0.3, -0.25) is 0 Å². The summed E-state index contributed by atoms with van der Waals surface area (Å²) in [6.45, 7) is 4.62. The molecule has 1 aromatic rings. The zero-order valence-electron chi connectivity index (χ0n) is 10.6. The van der Waals surface area contributed by atoms with E-state index in [1.807, 2.05) is 44.2 Å². The van der Waals surface area contributed by atoms with Crippen molar-refractivity contribution in [3.05, 3.63) is 41.5 Å². The van der Waals surface area contributed by atoms with E-state index in [9.17, 15) is 4.79 Å². The molecule has 0 amide bonds. The first-order chi connectivity index (χ1) is 8.19. The molecule has 0 radical (unpaired) electrons. The Labute approximate surface area is 102 Å². The summed E-state index contributed by atoms with van der Waals surface area (Å²) in [6.07, 6.45) is 2.56. The molecule has 0 saturated carbocycles. The molecule has 0 spiro atoms. The van der Waals surface area contributed by atoms with Gasteiger partial charge in [-0.05, 0) is 25.0 Å². The average molecular weight is 233 g/mol. The summed E-state index contributed by atoms with van der Waals surface area (Å²) in [5.41, 5.74) is 2.98. The van der Waals surface area contributed by atoms with Crippen molar-refractivity contribution in [2.24, 2.45) is 0 Å². The van der Waals surface area contributed by atoms with Crippen molar-refractivity contribution in [1.82, 2.24) is 0 Å². The minimum atomic E-state index is -0.251. The Morgan fingerprint density at radius 1 is 1.41 bits per heavy atom. The van der Waals surface area contributed by atoms with E-state index in [2.05, 4.69) is 5.32 Å². The molecule has 0 heterocycles. The number of rotatable bonds is 5. The quantitative estimate of drug-likeness (QED) is 0.627. The van der Waals surface area contributed by atoms with Crippen LogP contribution in [0, 0.1) is 6.92 Å². The summed E-state index contributed by atoms with van der Waals surface area (Å²) < 4.78 is 4.69. The molecule has 0 aliphatic rings. The predicted molar refractivity (Wildman–Crippen MR) is 70.1 cm³/mol. The fraction of sp³-hybridized carbons (Fsp3) is 0.357. The number of hydrogen-bond donors (Lipinski definition) is 1. The first-order valence-corrected chi connectivity index (χ1v) is 5.75. The maximum Gasteiger partial charge on any atom is 0.333 e. The normalized spacial score (nSPS) is 11.1. The zero-order valence-corrected chi connectivity index (χ0v) is 10.6. The van der Waals surface area contributed by atoms with Crippen LogP contribution in [0.5, 0.6) is 0 Å². The van der Waals surface area contributed by atoms with Crippen LogP contribution >= 0.6 is 0 Å². The Morgan fingerprint density at radius 2 is 2.12 bits per heavy atom. The van der Waals surface area contributed by atoms with Crippen LogP contribution in [0.25, 0.3) is 0 Å². The van der Waals surface area contributed by atoms with Gasteiger partial charge in [-0.15, -0.1) is 0 Å². The van der Waals surface area contributed by atoms with Gasteiger partial charge in [0.15, 0.2) is 0 Å². The minimum absolute atomic E-state index is 0.251. The van der Waals surface area contributed by atoms with Gasteiger partial charge in [0.2, 0.25) is 0 Å². The number of carbonyl (C=O) groups is 1. The van der Waals surface area contributed by atoms with Gasteiger partial charge in [0.05, 0.1) is 7.11 Å². The number of para-hydroxylation sites is 1. The van der Waals surface area contributed by atoms with E-state index in [1.54, 1.807) is 0 Å². The number of methoxy groups -OCH3 is 1. The molecule has 3 nitrogen and oxygen atoms in total. The highest BCUT2D eigenvalue weighted by atomic mass is 16.5. The first kappa shape index (κ1) is 13.3. The van der Waals surface area contributed by atoms with E-state index in [0.29, 0.717) is 18.5 Å². The fourth-order valence-corrected chi connectivity index (χ4v) is 1.56. The molecule has 92 valence electrons. The van der Waals surface area contributed by atoms with Crippen LogP contribution in [0.1, 0.15) is 18.9 Å². The summed E-state index contributed by atoms with van der Waals surface area (Å²) in [5.74, 6) is -0.251. The number of ether oxygens (including phenoxy) is 1. The second-order valence-corrected chi connectivity index (χ2v) is 3.77. The van der Waals surface area contributed by atoms with Crippen molar-refractivity contribution in [2.45, 2.75) is 20.3 Å². The lowest BCUT2D eigenvalue weighted by Crippen LogP contribution is -2.07. The van der Waals surface area contributed by atoms with E-state index < -0.39 is 0 Å². The van der Waals surface area contributed by atoms with Gasteiger partial charge in [-0.2, -0.15) is 0 Å². The van der Waals surface area contributed by atoms with E-state index in [4.69, 9.17) is 4.74 Å². The van der Waals surface area contributed by atoms with Gasteiger partial charge >= 0.3 is 5.97 Å². The Hall–Kier alpha value is -1.77. The van der Waals surface area contributed by atoms with Gasteiger partial charge < -0.3 is 10.1 Å². The van der Waals surface area contributed by atoms with Crippen LogP contribution in [0.2, 0.25) is 0 Å². The van der Waals surface area contributed by atoms with E-state index in [-0.39, 0.29) is 5.97 Å². The van der Waals surface area contributed by atoms with Gasteiger partial charge in [0, 0.05) is 17.8 Å². The third-order valence-corrected chi connectivity index (χ3v) is 2.61. The van der Waals surface area contributed by atoms with Gasteiger partial charge in [-0.25, -0.2) is 4.79 Å². The lowest BCUT2D eigenvalue weighted by molar-refractivity contribution is -0.136. The number of anilines is 1. The average Bonchev–Trinajstić information content (AvgIpc) is 2.36. The number of esters is 1. The highest BCUT2D eigenvalue weighted by molar-refractivity contribution is 5.88. The number of aryl methyl sites for hydroxylation is 1. The number of carbonyl (C=O) groups excluding carboxylic acids is 1. The molecule has 0 bridgehead atoms. The van der Waals surface area contributed by atoms with Crippen molar-refractivity contribution >= 4 is 11.7 Å². The fourth-order valence-electron chi connectivity index (χ4n) is 1.56. The smallest absolute Gasteiger partial charge is 0.333 e. The highest BCUT2D eigenvalue weighted by Crippen LogP contribution is 2.13. The minimum Gasteiger partial charge on any atom is -0.466 e. The third kappa shape index (κ3) is 3.94. The maximum absolute atomic E-state index is 11.3. The van der Waals surface area contributed by atoms with Crippen LogP contribution in [0.15, 0.2) is 35.9 Å². The van der Waals surface area contributed by atoms with Crippen LogP contribution < -0.4 is 5.32 Å². The second-order valence-electron chi connectivity index (χ2n) is 3.77. The van der Waals surface area contributed by atoms with Crippen LogP contribution in [0.4, 0.5) is 5.69 Å². The molecule has 17 heavy (non-hydrogen) atoms. The molecule has 0 unspecified atom stereocenters. The second kappa shape index (κ2) is 6.74. The Bertz CT molecular complexity index is 410. The van der Waals surface area contributed by atoms with Gasteiger partial charge in [0.1, 0.15) is 0 Å². The molecule has 3 heteroatoms. The van der Waals surface area contributed by atoms with E-state index in [0.717, 1.165) is 5.69 Å². The summed E-state index contributed by atoms with van der Waals surface area (Å²) >= 11 is 0. The summed E-state index contributed by atoms with van der Waals surface area (Å²) in [4.78, 5) is 11.3. The number of nitrogens with one attached hydrogen (secondary N) is 1.